The van der Waals surface area contributed by atoms with E-state index in [9.17, 15) is 4.79 Å². The second-order valence-electron chi connectivity index (χ2n) is 4.98. The van der Waals surface area contributed by atoms with Crippen LogP contribution in [-0.4, -0.2) is 42.2 Å². The molecule has 1 N–H and O–H groups in total. The van der Waals surface area contributed by atoms with E-state index in [0.717, 1.165) is 32.1 Å². The van der Waals surface area contributed by atoms with Crippen molar-refractivity contribution < 1.29 is 0 Å². The average molecular weight is 249 g/mol. The second-order valence-corrected chi connectivity index (χ2v) is 4.98. The number of likely N-dealkylation sites (tertiary alicyclic amines) is 1. The van der Waals surface area contributed by atoms with E-state index in [2.05, 4.69) is 17.1 Å². The zero-order chi connectivity index (χ0) is 12.8. The van der Waals surface area contributed by atoms with E-state index in [0.29, 0.717) is 0 Å². The second kappa shape index (κ2) is 6.71. The Kier molecular flexibility index (Phi) is 4.96. The fourth-order valence-electron chi connectivity index (χ4n) is 2.52. The number of rotatable bonds is 6. The molecule has 1 aliphatic rings. The van der Waals surface area contributed by atoms with Crippen LogP contribution < -0.4 is 10.9 Å². The quantitative estimate of drug-likeness (QED) is 0.757. The Balaban J connectivity index is 1.65. The molecule has 1 aliphatic heterocycles. The van der Waals surface area contributed by atoms with Crippen molar-refractivity contribution in [2.45, 2.75) is 19.9 Å². The molecule has 4 nitrogen and oxygen atoms in total. The molecule has 4 heteroatoms. The highest BCUT2D eigenvalue weighted by Crippen LogP contribution is 2.14. The van der Waals surface area contributed by atoms with Gasteiger partial charge in [-0.05, 0) is 38.0 Å². The molecule has 1 aromatic rings. The van der Waals surface area contributed by atoms with E-state index in [4.69, 9.17) is 0 Å². The highest BCUT2D eigenvalue weighted by atomic mass is 16.1. The number of aromatic nitrogens is 1. The molecule has 0 saturated carbocycles. The summed E-state index contributed by atoms with van der Waals surface area (Å²) >= 11 is 0. The van der Waals surface area contributed by atoms with Gasteiger partial charge in [0.15, 0.2) is 0 Å². The summed E-state index contributed by atoms with van der Waals surface area (Å²) in [5.41, 5.74) is 0.0809. The normalized spacial score (nSPS) is 20.4. The molecule has 0 aromatic carbocycles. The van der Waals surface area contributed by atoms with Gasteiger partial charge in [-0.1, -0.05) is 13.0 Å². The zero-order valence-electron chi connectivity index (χ0n) is 11.1. The molecule has 1 saturated heterocycles. The summed E-state index contributed by atoms with van der Waals surface area (Å²) in [5, 5.41) is 3.46. The van der Waals surface area contributed by atoms with Crippen LogP contribution in [0.4, 0.5) is 0 Å². The van der Waals surface area contributed by atoms with Crippen molar-refractivity contribution in [2.24, 2.45) is 5.92 Å². The lowest BCUT2D eigenvalue weighted by Gasteiger charge is -2.14. The Morgan fingerprint density at radius 1 is 1.44 bits per heavy atom. The first-order valence-electron chi connectivity index (χ1n) is 6.88. The van der Waals surface area contributed by atoms with E-state index in [-0.39, 0.29) is 5.56 Å². The number of pyridine rings is 1. The molecule has 0 bridgehead atoms. The van der Waals surface area contributed by atoms with Gasteiger partial charge in [0.05, 0.1) is 0 Å². The predicted octanol–water partition coefficient (Wildman–Crippen LogP) is 0.780. The molecule has 2 rings (SSSR count). The maximum absolute atomic E-state index is 11.5. The van der Waals surface area contributed by atoms with Gasteiger partial charge in [-0.15, -0.1) is 0 Å². The monoisotopic (exact) mass is 249 g/mol. The summed E-state index contributed by atoms with van der Waals surface area (Å²) in [5.74, 6) is 0.775. The average Bonchev–Trinajstić information content (AvgIpc) is 2.84. The number of nitrogens with one attached hydrogen (secondary N) is 1. The molecule has 1 aromatic heterocycles. The van der Waals surface area contributed by atoms with Crippen LogP contribution >= 0.6 is 0 Å². The highest BCUT2D eigenvalue weighted by Gasteiger charge is 2.20. The molecule has 1 unspecified atom stereocenters. The SMILES string of the molecule is CCN1CCC(CNCCn2ccccc2=O)C1. The molecule has 1 fully saturated rings. The van der Waals surface area contributed by atoms with Gasteiger partial charge in [-0.3, -0.25) is 4.79 Å². The van der Waals surface area contributed by atoms with Crippen LogP contribution in [-0.2, 0) is 6.54 Å². The van der Waals surface area contributed by atoms with Crippen LogP contribution in [0.25, 0.3) is 0 Å². The van der Waals surface area contributed by atoms with Crippen LogP contribution in [0.15, 0.2) is 29.2 Å². The first kappa shape index (κ1) is 13.3. The van der Waals surface area contributed by atoms with Crippen molar-refractivity contribution in [3.8, 4) is 0 Å². The van der Waals surface area contributed by atoms with E-state index in [1.54, 1.807) is 16.7 Å². The fraction of sp³-hybridized carbons (Fsp3) is 0.643. The van der Waals surface area contributed by atoms with Crippen molar-refractivity contribution in [2.75, 3.05) is 32.7 Å². The van der Waals surface area contributed by atoms with Crippen LogP contribution in [0.5, 0.6) is 0 Å². The number of hydrogen-bond donors (Lipinski definition) is 1. The molecular weight excluding hydrogens is 226 g/mol. The van der Waals surface area contributed by atoms with Crippen molar-refractivity contribution in [3.63, 3.8) is 0 Å². The smallest absolute Gasteiger partial charge is 0.250 e. The topological polar surface area (TPSA) is 37.3 Å². The minimum atomic E-state index is 0.0809. The lowest BCUT2D eigenvalue weighted by atomic mass is 10.1. The summed E-state index contributed by atoms with van der Waals surface area (Å²) in [6.07, 6.45) is 3.14. The minimum absolute atomic E-state index is 0.0809. The highest BCUT2D eigenvalue weighted by molar-refractivity contribution is 4.93. The van der Waals surface area contributed by atoms with Crippen molar-refractivity contribution in [1.29, 1.82) is 0 Å². The van der Waals surface area contributed by atoms with Crippen molar-refractivity contribution >= 4 is 0 Å². The van der Waals surface area contributed by atoms with E-state index >= 15 is 0 Å². The Bertz CT molecular complexity index is 416. The third-order valence-corrected chi connectivity index (χ3v) is 3.68. The van der Waals surface area contributed by atoms with Crippen LogP contribution in [0.3, 0.4) is 0 Å². The Morgan fingerprint density at radius 3 is 3.06 bits per heavy atom. The Labute approximate surface area is 109 Å². The first-order valence-corrected chi connectivity index (χ1v) is 6.88. The number of nitrogens with zero attached hydrogens (tertiary/aromatic N) is 2. The van der Waals surface area contributed by atoms with Gasteiger partial charge in [-0.2, -0.15) is 0 Å². The van der Waals surface area contributed by atoms with E-state index in [1.807, 2.05) is 12.3 Å². The summed E-state index contributed by atoms with van der Waals surface area (Å²) in [7, 11) is 0. The van der Waals surface area contributed by atoms with Crippen molar-refractivity contribution in [1.82, 2.24) is 14.8 Å². The number of hydrogen-bond acceptors (Lipinski definition) is 3. The standard InChI is InChI=1S/C14H23N3O/c1-2-16-9-6-13(12-16)11-15-7-10-17-8-4-3-5-14(17)18/h3-5,8,13,15H,2,6-7,9-12H2,1H3. The van der Waals surface area contributed by atoms with Gasteiger partial charge in [-0.25, -0.2) is 0 Å². The summed E-state index contributed by atoms with van der Waals surface area (Å²) < 4.78 is 1.75. The van der Waals surface area contributed by atoms with Crippen LogP contribution in [0.1, 0.15) is 13.3 Å². The molecule has 0 amide bonds. The third kappa shape index (κ3) is 3.68. The molecule has 0 radical (unpaired) electrons. The van der Waals surface area contributed by atoms with Gasteiger partial charge in [0.1, 0.15) is 0 Å². The molecular formula is C14H23N3O. The molecule has 18 heavy (non-hydrogen) atoms. The van der Waals surface area contributed by atoms with Gasteiger partial charge < -0.3 is 14.8 Å². The van der Waals surface area contributed by atoms with Gasteiger partial charge in [0, 0.05) is 31.9 Å². The first-order chi connectivity index (χ1) is 8.79. The summed E-state index contributed by atoms with van der Waals surface area (Å²) in [6, 6.07) is 5.29. The van der Waals surface area contributed by atoms with Crippen LogP contribution in [0.2, 0.25) is 0 Å². The maximum Gasteiger partial charge on any atom is 0.250 e. The Hall–Kier alpha value is -1.13. The third-order valence-electron chi connectivity index (χ3n) is 3.68. The predicted molar refractivity (Wildman–Crippen MR) is 73.8 cm³/mol. The van der Waals surface area contributed by atoms with E-state index in [1.165, 1.54) is 19.5 Å². The Morgan fingerprint density at radius 2 is 2.33 bits per heavy atom. The minimum Gasteiger partial charge on any atom is -0.315 e. The van der Waals surface area contributed by atoms with Gasteiger partial charge in [0.25, 0.3) is 5.56 Å². The largest absolute Gasteiger partial charge is 0.315 e. The summed E-state index contributed by atoms with van der Waals surface area (Å²) in [6.45, 7) is 8.53. The lowest BCUT2D eigenvalue weighted by Crippen LogP contribution is -2.30. The molecule has 1 atom stereocenters. The molecule has 0 aliphatic carbocycles. The fourth-order valence-corrected chi connectivity index (χ4v) is 2.52. The van der Waals surface area contributed by atoms with Crippen LogP contribution in [0, 0.1) is 5.92 Å². The van der Waals surface area contributed by atoms with Gasteiger partial charge >= 0.3 is 0 Å². The molecule has 0 spiro atoms. The molecule has 100 valence electrons. The maximum atomic E-state index is 11.5. The lowest BCUT2D eigenvalue weighted by molar-refractivity contribution is 0.338. The summed E-state index contributed by atoms with van der Waals surface area (Å²) in [4.78, 5) is 14.0. The van der Waals surface area contributed by atoms with E-state index < -0.39 is 0 Å². The molecule has 2 heterocycles. The zero-order valence-corrected chi connectivity index (χ0v) is 11.1. The van der Waals surface area contributed by atoms with Crippen molar-refractivity contribution in [3.05, 3.63) is 34.7 Å². The van der Waals surface area contributed by atoms with Gasteiger partial charge in [0.2, 0.25) is 0 Å².